The second-order valence-corrected chi connectivity index (χ2v) is 8.46. The Balaban J connectivity index is 1.40. The van der Waals surface area contributed by atoms with Gasteiger partial charge in [0, 0.05) is 35.8 Å². The fraction of sp³-hybridized carbons (Fsp3) is 0.280. The quantitative estimate of drug-likeness (QED) is 0.398. The predicted molar refractivity (Wildman–Crippen MR) is 125 cm³/mol. The fourth-order valence-corrected chi connectivity index (χ4v) is 4.32. The molecule has 10 nitrogen and oxygen atoms in total. The molecular formula is C25H24N4O6. The molecule has 0 aliphatic carbocycles. The van der Waals surface area contributed by atoms with Crippen LogP contribution in [0, 0.1) is 0 Å². The van der Waals surface area contributed by atoms with Crippen molar-refractivity contribution in [2.75, 3.05) is 13.2 Å². The van der Waals surface area contributed by atoms with Crippen molar-refractivity contribution < 1.29 is 28.3 Å². The Morgan fingerprint density at radius 1 is 1.17 bits per heavy atom. The van der Waals surface area contributed by atoms with Crippen molar-refractivity contribution in [1.29, 1.82) is 0 Å². The van der Waals surface area contributed by atoms with Crippen LogP contribution in [0.25, 0.3) is 17.0 Å². The number of aromatic nitrogens is 1. The molecule has 180 valence electrons. The maximum absolute atomic E-state index is 13.1. The van der Waals surface area contributed by atoms with E-state index >= 15 is 0 Å². The number of para-hydroxylation sites is 1. The third-order valence-electron chi connectivity index (χ3n) is 6.06. The zero-order valence-corrected chi connectivity index (χ0v) is 18.9. The van der Waals surface area contributed by atoms with Crippen LogP contribution >= 0.6 is 0 Å². The largest absolute Gasteiger partial charge is 0.467 e. The molecule has 2 aliphatic rings. The average molecular weight is 476 g/mol. The summed E-state index contributed by atoms with van der Waals surface area (Å²) < 4.78 is 12.6. The number of furan rings is 1. The van der Waals surface area contributed by atoms with Gasteiger partial charge < -0.3 is 19.0 Å². The van der Waals surface area contributed by atoms with E-state index in [0.717, 1.165) is 35.3 Å². The minimum Gasteiger partial charge on any atom is -0.467 e. The average Bonchev–Trinajstić information content (AvgIpc) is 3.61. The first-order valence-electron chi connectivity index (χ1n) is 11.4. The van der Waals surface area contributed by atoms with Crippen molar-refractivity contribution in [3.8, 4) is 0 Å². The summed E-state index contributed by atoms with van der Waals surface area (Å²) in [5.41, 5.74) is 1.18. The molecular weight excluding hydrogens is 452 g/mol. The maximum atomic E-state index is 13.1. The minimum atomic E-state index is -0.807. The van der Waals surface area contributed by atoms with Crippen molar-refractivity contribution >= 4 is 40.7 Å². The molecule has 5 rings (SSSR count). The van der Waals surface area contributed by atoms with Gasteiger partial charge in [-0.2, -0.15) is 0 Å². The summed E-state index contributed by atoms with van der Waals surface area (Å²) in [6.45, 7) is 1.15. The number of benzene rings is 1. The summed E-state index contributed by atoms with van der Waals surface area (Å²) in [5, 5.41) is 5.88. The molecule has 4 heterocycles. The van der Waals surface area contributed by atoms with Crippen molar-refractivity contribution in [1.82, 2.24) is 20.1 Å². The van der Waals surface area contributed by atoms with Crippen LogP contribution in [0.5, 0.6) is 0 Å². The standard InChI is InChI=1S/C25H24N4O6/c30-22(26-12-17-5-3-9-34-17)15-28-13-16(19-7-1-2-8-21(19)28)11-20-23(31)27-25(33)29(24(20)32)14-18-6-4-10-35-18/h1-2,4,6-8,10-11,13,17H,3,5,9,12,14-15H2,(H,26,30)(H,27,31,33)/b20-11-/t17-/m0/s1. The first-order valence-corrected chi connectivity index (χ1v) is 11.4. The van der Waals surface area contributed by atoms with Crippen molar-refractivity contribution in [2.45, 2.75) is 32.0 Å². The van der Waals surface area contributed by atoms with Gasteiger partial charge in [-0.1, -0.05) is 18.2 Å². The number of amides is 5. The lowest BCUT2D eigenvalue weighted by Crippen LogP contribution is -2.53. The zero-order valence-electron chi connectivity index (χ0n) is 18.9. The molecule has 2 N–H and O–H groups in total. The topological polar surface area (TPSA) is 123 Å². The van der Waals surface area contributed by atoms with Gasteiger partial charge >= 0.3 is 6.03 Å². The molecule has 0 bridgehead atoms. The highest BCUT2D eigenvalue weighted by molar-refractivity contribution is 6.31. The molecule has 2 saturated heterocycles. The number of fused-ring (bicyclic) bond motifs is 1. The van der Waals surface area contributed by atoms with E-state index in [4.69, 9.17) is 9.15 Å². The summed E-state index contributed by atoms with van der Waals surface area (Å²) in [6, 6.07) is 9.87. The molecule has 2 aromatic heterocycles. The number of carbonyl (C=O) groups excluding carboxylic acids is 4. The smallest absolute Gasteiger partial charge is 0.331 e. The van der Waals surface area contributed by atoms with Crippen LogP contribution in [-0.2, 0) is 32.2 Å². The minimum absolute atomic E-state index is 0.0447. The Labute approximate surface area is 200 Å². The number of ether oxygens (including phenoxy) is 1. The van der Waals surface area contributed by atoms with E-state index in [9.17, 15) is 19.2 Å². The molecule has 2 aliphatic heterocycles. The van der Waals surface area contributed by atoms with Gasteiger partial charge in [-0.15, -0.1) is 0 Å². The number of imide groups is 2. The molecule has 2 fully saturated rings. The molecule has 0 spiro atoms. The van der Waals surface area contributed by atoms with Crippen LogP contribution in [0.15, 0.2) is 58.8 Å². The summed E-state index contributed by atoms with van der Waals surface area (Å²) in [7, 11) is 0. The SMILES string of the molecule is O=C(Cn1cc(/C=C2/C(=O)NC(=O)N(Cc3ccco3)C2=O)c2ccccc21)NC[C@@H]1CCCO1. The molecule has 3 aromatic rings. The van der Waals surface area contributed by atoms with Crippen LogP contribution in [0.1, 0.15) is 24.2 Å². The monoisotopic (exact) mass is 476 g/mol. The first-order chi connectivity index (χ1) is 17.0. The van der Waals surface area contributed by atoms with Crippen molar-refractivity contribution in [2.24, 2.45) is 0 Å². The van der Waals surface area contributed by atoms with E-state index in [0.29, 0.717) is 17.9 Å². The number of nitrogens with zero attached hydrogens (tertiary/aromatic N) is 2. The fourth-order valence-electron chi connectivity index (χ4n) is 4.32. The highest BCUT2D eigenvalue weighted by Gasteiger charge is 2.36. The van der Waals surface area contributed by atoms with E-state index < -0.39 is 17.8 Å². The predicted octanol–water partition coefficient (Wildman–Crippen LogP) is 2.19. The molecule has 1 atom stereocenters. The van der Waals surface area contributed by atoms with Crippen LogP contribution in [0.2, 0.25) is 0 Å². The highest BCUT2D eigenvalue weighted by Crippen LogP contribution is 2.25. The van der Waals surface area contributed by atoms with Gasteiger partial charge in [0.1, 0.15) is 17.9 Å². The second kappa shape index (κ2) is 9.59. The van der Waals surface area contributed by atoms with Gasteiger partial charge in [0.15, 0.2) is 0 Å². The number of rotatable bonds is 7. The van der Waals surface area contributed by atoms with Gasteiger partial charge in [0.05, 0.1) is 18.9 Å². The summed E-state index contributed by atoms with van der Waals surface area (Å²) in [5.74, 6) is -1.25. The maximum Gasteiger partial charge on any atom is 0.331 e. The molecule has 5 amide bonds. The Morgan fingerprint density at radius 3 is 2.80 bits per heavy atom. The zero-order chi connectivity index (χ0) is 24.4. The van der Waals surface area contributed by atoms with Crippen LogP contribution in [-0.4, -0.2) is 52.5 Å². The number of hydrogen-bond acceptors (Lipinski definition) is 6. The van der Waals surface area contributed by atoms with E-state index in [-0.39, 0.29) is 30.7 Å². The van der Waals surface area contributed by atoms with E-state index in [2.05, 4.69) is 10.6 Å². The summed E-state index contributed by atoms with van der Waals surface area (Å²) in [4.78, 5) is 51.4. The first kappa shape index (κ1) is 22.6. The van der Waals surface area contributed by atoms with E-state index in [1.165, 1.54) is 12.3 Å². The number of barbiturate groups is 1. The molecule has 1 aromatic carbocycles. The summed E-state index contributed by atoms with van der Waals surface area (Å²) >= 11 is 0. The van der Waals surface area contributed by atoms with Crippen LogP contribution in [0.3, 0.4) is 0 Å². The molecule has 35 heavy (non-hydrogen) atoms. The van der Waals surface area contributed by atoms with Crippen molar-refractivity contribution in [3.05, 3.63) is 65.8 Å². The van der Waals surface area contributed by atoms with Crippen LogP contribution in [0.4, 0.5) is 4.79 Å². The Kier molecular flexibility index (Phi) is 6.19. The van der Waals surface area contributed by atoms with Gasteiger partial charge in [-0.3, -0.25) is 24.6 Å². The van der Waals surface area contributed by atoms with Gasteiger partial charge in [-0.25, -0.2) is 4.79 Å². The lowest BCUT2D eigenvalue weighted by molar-refractivity contribution is -0.130. The number of carbonyl (C=O) groups is 4. The third-order valence-corrected chi connectivity index (χ3v) is 6.06. The normalized spacial score (nSPS) is 19.5. The molecule has 10 heteroatoms. The molecule has 0 saturated carbocycles. The Hall–Kier alpha value is -4.18. The van der Waals surface area contributed by atoms with Crippen LogP contribution < -0.4 is 10.6 Å². The van der Waals surface area contributed by atoms with E-state index in [1.807, 2.05) is 24.3 Å². The van der Waals surface area contributed by atoms with Gasteiger partial charge in [0.2, 0.25) is 5.91 Å². The molecule has 0 unspecified atom stereocenters. The lowest BCUT2D eigenvalue weighted by atomic mass is 10.1. The Morgan fingerprint density at radius 2 is 2.03 bits per heavy atom. The number of nitrogens with one attached hydrogen (secondary N) is 2. The van der Waals surface area contributed by atoms with E-state index in [1.54, 1.807) is 22.9 Å². The summed E-state index contributed by atoms with van der Waals surface area (Å²) in [6.07, 6.45) is 6.58. The third kappa shape index (κ3) is 4.73. The highest BCUT2D eigenvalue weighted by atomic mass is 16.5. The number of hydrogen-bond donors (Lipinski definition) is 2. The lowest BCUT2D eigenvalue weighted by Gasteiger charge is -2.25. The van der Waals surface area contributed by atoms with Crippen molar-refractivity contribution in [3.63, 3.8) is 0 Å². The second-order valence-electron chi connectivity index (χ2n) is 8.46. The Bertz CT molecular complexity index is 1320. The van der Waals surface area contributed by atoms with Gasteiger partial charge in [0.25, 0.3) is 11.8 Å². The van der Waals surface area contributed by atoms with Gasteiger partial charge in [-0.05, 0) is 37.1 Å². The number of urea groups is 1. The molecule has 0 radical (unpaired) electrons.